The van der Waals surface area contributed by atoms with Gasteiger partial charge < -0.3 is 32.3 Å². The highest BCUT2D eigenvalue weighted by Gasteiger charge is 2.43. The van der Waals surface area contributed by atoms with Crippen molar-refractivity contribution >= 4 is 132 Å². The fourth-order valence-corrected chi connectivity index (χ4v) is 15.7. The highest BCUT2D eigenvalue weighted by Crippen LogP contribution is 2.50. The number of para-hydroxylation sites is 8. The molecule has 1 aliphatic rings. The predicted molar refractivity (Wildman–Crippen MR) is 368 cm³/mol. The highest BCUT2D eigenvalue weighted by molar-refractivity contribution is 7.00. The third kappa shape index (κ3) is 6.52. The molecule has 13 aromatic carbocycles. The molecule has 0 N–H and O–H groups in total. The lowest BCUT2D eigenvalue weighted by atomic mass is 9.38. The highest BCUT2D eigenvalue weighted by atomic mass is 16.5. The number of hydrogen-bond donors (Lipinski definition) is 0. The van der Waals surface area contributed by atoms with Crippen LogP contribution in [-0.4, -0.2) is 43.8 Å². The van der Waals surface area contributed by atoms with Crippen molar-refractivity contribution < 1.29 is 9.47 Å². The molecular formula is C80H52BN5O2. The van der Waals surface area contributed by atoms with Crippen LogP contribution in [0.4, 0.5) is 0 Å². The predicted octanol–water partition coefficient (Wildman–Crippen LogP) is 17.7. The Morgan fingerprint density at radius 2 is 0.455 bits per heavy atom. The van der Waals surface area contributed by atoms with E-state index in [1.165, 1.54) is 43.6 Å². The second-order valence-corrected chi connectivity index (χ2v) is 23.3. The zero-order valence-corrected chi connectivity index (χ0v) is 48.2. The number of benzene rings is 13. The Balaban J connectivity index is 1.23. The van der Waals surface area contributed by atoms with Crippen molar-refractivity contribution in [2.24, 2.45) is 0 Å². The van der Waals surface area contributed by atoms with Crippen molar-refractivity contribution in [2.45, 2.75) is 0 Å². The average Bonchev–Trinajstić information content (AvgIpc) is 1.42. The molecule has 0 atom stereocenters. The second-order valence-electron chi connectivity index (χ2n) is 23.3. The van der Waals surface area contributed by atoms with Crippen LogP contribution >= 0.6 is 0 Å². The smallest absolute Gasteiger partial charge is 0.248 e. The molecule has 5 aromatic heterocycles. The SMILES string of the molecule is COc1ccc2c(c1)c1cc(OC)ccc1n2-c1c(-n2c3ccccc3c3ccccc32)c(-n2c3ccccc3c3ccccc32)c(B2c3ccccc3-c3ccccc32)c(-n2c3ccccc3c3ccccc32)c1-n1c2ccccc2c2ccccc21. The van der Waals surface area contributed by atoms with Gasteiger partial charge in [-0.2, -0.15) is 0 Å². The number of methoxy groups -OCH3 is 2. The van der Waals surface area contributed by atoms with E-state index >= 15 is 0 Å². The Labute approximate surface area is 506 Å². The first-order valence-corrected chi connectivity index (χ1v) is 30.2. The summed E-state index contributed by atoms with van der Waals surface area (Å²) in [7, 11) is 3.52. The zero-order valence-electron chi connectivity index (χ0n) is 48.2. The van der Waals surface area contributed by atoms with Gasteiger partial charge in [0.1, 0.15) is 11.5 Å². The molecule has 0 spiro atoms. The molecule has 0 radical (unpaired) electrons. The van der Waals surface area contributed by atoms with Crippen molar-refractivity contribution in [1.82, 2.24) is 22.8 Å². The number of ether oxygens (including phenoxy) is 2. The number of rotatable bonds is 8. The minimum absolute atomic E-state index is 0.323. The minimum atomic E-state index is -0.323. The summed E-state index contributed by atoms with van der Waals surface area (Å²) in [4.78, 5) is 0. The van der Waals surface area contributed by atoms with Crippen molar-refractivity contribution in [3.05, 3.63) is 279 Å². The summed E-state index contributed by atoms with van der Waals surface area (Å²) in [6.07, 6.45) is 0. The van der Waals surface area contributed by atoms with Gasteiger partial charge in [-0.1, -0.05) is 205 Å². The summed E-state index contributed by atoms with van der Waals surface area (Å²) in [6.45, 7) is -0.323. The maximum absolute atomic E-state index is 6.18. The molecule has 0 bridgehead atoms. The van der Waals surface area contributed by atoms with Crippen LogP contribution in [-0.2, 0) is 0 Å². The lowest BCUT2D eigenvalue weighted by Gasteiger charge is -2.33. The van der Waals surface area contributed by atoms with Crippen molar-refractivity contribution in [3.8, 4) is 51.1 Å². The van der Waals surface area contributed by atoms with E-state index in [0.717, 1.165) is 133 Å². The molecule has 19 rings (SSSR count). The minimum Gasteiger partial charge on any atom is -0.497 e. The molecule has 0 fully saturated rings. The number of aromatic nitrogens is 5. The number of nitrogens with zero attached hydrogens (tertiary/aromatic N) is 5. The molecule has 6 heterocycles. The van der Waals surface area contributed by atoms with Gasteiger partial charge >= 0.3 is 0 Å². The second kappa shape index (κ2) is 18.5. The quantitative estimate of drug-likeness (QED) is 0.142. The van der Waals surface area contributed by atoms with Crippen LogP contribution in [0.25, 0.3) is 149 Å². The maximum atomic E-state index is 6.18. The molecule has 0 unspecified atom stereocenters. The zero-order chi connectivity index (χ0) is 57.9. The fraction of sp³-hybridized carbons (Fsp3) is 0.0250. The Kier molecular flexibility index (Phi) is 10.3. The van der Waals surface area contributed by atoms with Gasteiger partial charge in [0.05, 0.1) is 97.8 Å². The largest absolute Gasteiger partial charge is 0.497 e. The van der Waals surface area contributed by atoms with Crippen LogP contribution in [0.15, 0.2) is 279 Å². The van der Waals surface area contributed by atoms with Crippen molar-refractivity contribution in [1.29, 1.82) is 0 Å². The molecule has 0 saturated heterocycles. The van der Waals surface area contributed by atoms with E-state index in [1.54, 1.807) is 14.2 Å². The van der Waals surface area contributed by atoms with Crippen LogP contribution in [0.3, 0.4) is 0 Å². The van der Waals surface area contributed by atoms with E-state index in [-0.39, 0.29) is 6.71 Å². The van der Waals surface area contributed by atoms with Crippen LogP contribution in [0.1, 0.15) is 0 Å². The first kappa shape index (κ1) is 48.9. The van der Waals surface area contributed by atoms with Crippen LogP contribution < -0.4 is 25.9 Å². The number of hydrogen-bond acceptors (Lipinski definition) is 2. The van der Waals surface area contributed by atoms with Gasteiger partial charge in [-0.15, -0.1) is 0 Å². The Morgan fingerprint density at radius 1 is 0.227 bits per heavy atom. The summed E-state index contributed by atoms with van der Waals surface area (Å²) in [5.74, 6) is 1.54. The third-order valence-electron chi connectivity index (χ3n) is 19.1. The van der Waals surface area contributed by atoms with E-state index < -0.39 is 0 Å². The molecule has 0 amide bonds. The molecule has 18 aromatic rings. The van der Waals surface area contributed by atoms with Crippen LogP contribution in [0.2, 0.25) is 0 Å². The van der Waals surface area contributed by atoms with E-state index in [2.05, 4.69) is 302 Å². The monoisotopic (exact) mass is 1130 g/mol. The number of fused-ring (bicyclic) bond motifs is 18. The van der Waals surface area contributed by atoms with Crippen molar-refractivity contribution in [3.63, 3.8) is 0 Å². The van der Waals surface area contributed by atoms with Gasteiger partial charge in [0.15, 0.2) is 0 Å². The molecule has 7 nitrogen and oxygen atoms in total. The molecule has 412 valence electrons. The van der Waals surface area contributed by atoms with E-state index in [1.807, 2.05) is 0 Å². The first-order valence-electron chi connectivity index (χ1n) is 30.2. The Morgan fingerprint density at radius 3 is 0.739 bits per heavy atom. The molecule has 0 aliphatic carbocycles. The normalized spacial score (nSPS) is 12.4. The van der Waals surface area contributed by atoms with Gasteiger partial charge in [0.25, 0.3) is 0 Å². The van der Waals surface area contributed by atoms with Gasteiger partial charge in [-0.05, 0) is 102 Å². The average molecular weight is 1130 g/mol. The lowest BCUT2D eigenvalue weighted by molar-refractivity contribution is 0.415. The summed E-state index contributed by atoms with van der Waals surface area (Å²) < 4.78 is 25.5. The first-order chi connectivity index (χ1) is 43.7. The van der Waals surface area contributed by atoms with E-state index in [4.69, 9.17) is 9.47 Å². The maximum Gasteiger partial charge on any atom is 0.248 e. The summed E-state index contributed by atoms with van der Waals surface area (Å²) in [5.41, 5.74) is 22.1. The third-order valence-corrected chi connectivity index (χ3v) is 19.1. The van der Waals surface area contributed by atoms with Gasteiger partial charge in [-0.3, -0.25) is 0 Å². The van der Waals surface area contributed by atoms with E-state index in [9.17, 15) is 0 Å². The van der Waals surface area contributed by atoms with Gasteiger partial charge in [0.2, 0.25) is 6.71 Å². The lowest BCUT2D eigenvalue weighted by Crippen LogP contribution is -2.52. The molecule has 88 heavy (non-hydrogen) atoms. The summed E-state index contributed by atoms with van der Waals surface area (Å²) in [6, 6.07) is 104. The Bertz CT molecular complexity index is 5440. The topological polar surface area (TPSA) is 43.1 Å². The van der Waals surface area contributed by atoms with E-state index in [0.29, 0.717) is 0 Å². The van der Waals surface area contributed by atoms with Crippen LogP contribution in [0.5, 0.6) is 11.5 Å². The summed E-state index contributed by atoms with van der Waals surface area (Å²) in [5, 5.41) is 11.4. The van der Waals surface area contributed by atoms with Gasteiger partial charge in [-0.25, -0.2) is 0 Å². The van der Waals surface area contributed by atoms with Crippen LogP contribution in [0, 0.1) is 0 Å². The molecular weight excluding hydrogens is 1070 g/mol. The molecule has 0 saturated carbocycles. The van der Waals surface area contributed by atoms with Gasteiger partial charge in [0, 0.05) is 53.9 Å². The fourth-order valence-electron chi connectivity index (χ4n) is 15.7. The Hall–Kier alpha value is -11.5. The molecule has 1 aliphatic heterocycles. The summed E-state index contributed by atoms with van der Waals surface area (Å²) >= 11 is 0. The standard InChI is InChI=1S/C80H52BN5O2/c1-87-49-43-45-73-61(47-49)62-48-50(88-2)44-46-74(62)86(73)80-78(84-69-39-19-9-29-57(69)58-30-10-20-40-70(58)84)76(82-65-35-15-5-25-53(65)54-26-6-16-36-66(54)82)75(81-63-33-13-3-23-51(63)52-24-4-14-34-64(52)81)77(83-67-37-17-7-27-55(67)56-28-8-18-38-68(56)83)79(80)85-71-41-21-11-31-59(71)60-32-12-22-42-72(60)85/h3-48H,1-2H3. The molecule has 8 heteroatoms. The van der Waals surface area contributed by atoms with Crippen molar-refractivity contribution in [2.75, 3.05) is 14.2 Å².